The molecule has 0 saturated heterocycles. The summed E-state index contributed by atoms with van der Waals surface area (Å²) in [6.45, 7) is 2.00. The Hall–Kier alpha value is -0.700. The minimum absolute atomic E-state index is 0.0644. The number of fused-ring (bicyclic) bond motifs is 1. The molecule has 3 atom stereocenters. The van der Waals surface area contributed by atoms with Gasteiger partial charge in [0.15, 0.2) is 6.29 Å². The SMILES string of the molecule is C[C@]12CCC(=O)[C@H]1[C@](O)(C=O)CC2. The number of carbonyl (C=O) groups is 2. The van der Waals surface area contributed by atoms with Gasteiger partial charge in [-0.05, 0) is 24.7 Å². The fraction of sp³-hybridized carbons (Fsp3) is 0.800. The standard InChI is InChI=1S/C10H14O3/c1-9-3-2-7(12)8(9)10(13,6-11)5-4-9/h6,8,13H,2-5H2,1H3/t8-,9-,10-/m1/s1. The molecule has 0 aliphatic heterocycles. The molecule has 13 heavy (non-hydrogen) atoms. The fourth-order valence-electron chi connectivity index (χ4n) is 2.99. The molecule has 72 valence electrons. The molecule has 0 aromatic rings. The Kier molecular flexibility index (Phi) is 1.65. The first-order valence-corrected chi connectivity index (χ1v) is 4.73. The van der Waals surface area contributed by atoms with Gasteiger partial charge in [0.25, 0.3) is 0 Å². The second-order valence-corrected chi connectivity index (χ2v) is 4.66. The highest BCUT2D eigenvalue weighted by atomic mass is 16.3. The molecule has 0 amide bonds. The lowest BCUT2D eigenvalue weighted by Gasteiger charge is -2.27. The van der Waals surface area contributed by atoms with Crippen molar-refractivity contribution in [1.82, 2.24) is 0 Å². The van der Waals surface area contributed by atoms with Gasteiger partial charge < -0.3 is 9.90 Å². The number of ketones is 1. The molecule has 2 fully saturated rings. The Bertz CT molecular complexity index is 273. The molecule has 3 nitrogen and oxygen atoms in total. The van der Waals surface area contributed by atoms with Crippen molar-refractivity contribution < 1.29 is 14.7 Å². The van der Waals surface area contributed by atoms with Crippen molar-refractivity contribution in [3.63, 3.8) is 0 Å². The van der Waals surface area contributed by atoms with Crippen LogP contribution in [0.4, 0.5) is 0 Å². The summed E-state index contributed by atoms with van der Waals surface area (Å²) in [6.07, 6.45) is 3.15. The largest absolute Gasteiger partial charge is 0.382 e. The van der Waals surface area contributed by atoms with Crippen molar-refractivity contribution in [2.24, 2.45) is 11.3 Å². The summed E-state index contributed by atoms with van der Waals surface area (Å²) in [5, 5.41) is 9.92. The second kappa shape index (κ2) is 2.41. The number of aldehydes is 1. The molecule has 0 unspecified atom stereocenters. The zero-order valence-corrected chi connectivity index (χ0v) is 7.75. The van der Waals surface area contributed by atoms with Gasteiger partial charge in [-0.2, -0.15) is 0 Å². The van der Waals surface area contributed by atoms with E-state index in [4.69, 9.17) is 0 Å². The third kappa shape index (κ3) is 0.998. The first-order valence-electron chi connectivity index (χ1n) is 4.73. The Labute approximate surface area is 77.1 Å². The smallest absolute Gasteiger partial charge is 0.152 e. The second-order valence-electron chi connectivity index (χ2n) is 4.66. The Morgan fingerprint density at radius 3 is 2.77 bits per heavy atom. The number of aliphatic hydroxyl groups is 1. The van der Waals surface area contributed by atoms with Crippen molar-refractivity contribution in [2.75, 3.05) is 0 Å². The zero-order valence-electron chi connectivity index (χ0n) is 7.75. The summed E-state index contributed by atoms with van der Waals surface area (Å²) >= 11 is 0. The third-order valence-corrected chi connectivity index (χ3v) is 3.76. The average Bonchev–Trinajstić information content (AvgIpc) is 2.53. The van der Waals surface area contributed by atoms with Gasteiger partial charge in [-0.25, -0.2) is 0 Å². The van der Waals surface area contributed by atoms with Gasteiger partial charge >= 0.3 is 0 Å². The lowest BCUT2D eigenvalue weighted by atomic mass is 9.78. The zero-order chi connectivity index (χ0) is 9.69. The van der Waals surface area contributed by atoms with Crippen LogP contribution in [0.5, 0.6) is 0 Å². The van der Waals surface area contributed by atoms with E-state index >= 15 is 0 Å². The van der Waals surface area contributed by atoms with Crippen LogP contribution in [0.25, 0.3) is 0 Å². The van der Waals surface area contributed by atoms with E-state index in [0.29, 0.717) is 19.1 Å². The van der Waals surface area contributed by atoms with Gasteiger partial charge in [-0.15, -0.1) is 0 Å². The maximum atomic E-state index is 11.5. The number of Topliss-reactive ketones (excluding diaryl/α,β-unsaturated/α-hetero) is 1. The number of hydrogen-bond acceptors (Lipinski definition) is 3. The van der Waals surface area contributed by atoms with Gasteiger partial charge in [-0.1, -0.05) is 6.92 Å². The summed E-state index contributed by atoms with van der Waals surface area (Å²) in [4.78, 5) is 22.3. The van der Waals surface area contributed by atoms with Crippen LogP contribution in [0.2, 0.25) is 0 Å². The molecule has 0 aromatic heterocycles. The minimum atomic E-state index is -1.36. The Morgan fingerprint density at radius 2 is 2.15 bits per heavy atom. The highest BCUT2D eigenvalue weighted by Crippen LogP contribution is 2.55. The first kappa shape index (κ1) is 8.88. The van der Waals surface area contributed by atoms with E-state index in [2.05, 4.69) is 0 Å². The number of rotatable bonds is 1. The molecular weight excluding hydrogens is 168 g/mol. The quantitative estimate of drug-likeness (QED) is 0.607. The topological polar surface area (TPSA) is 54.4 Å². The van der Waals surface area contributed by atoms with E-state index in [1.165, 1.54) is 0 Å². The summed E-state index contributed by atoms with van der Waals surface area (Å²) in [5.41, 5.74) is -1.48. The van der Waals surface area contributed by atoms with Crippen LogP contribution in [-0.2, 0) is 9.59 Å². The maximum absolute atomic E-state index is 11.5. The molecular formula is C10H14O3. The number of carbonyl (C=O) groups excluding carboxylic acids is 2. The van der Waals surface area contributed by atoms with E-state index in [1.807, 2.05) is 6.92 Å². The molecule has 2 rings (SSSR count). The van der Waals surface area contributed by atoms with Crippen molar-refractivity contribution >= 4 is 12.1 Å². The van der Waals surface area contributed by atoms with E-state index in [-0.39, 0.29) is 11.2 Å². The predicted molar refractivity (Wildman–Crippen MR) is 46.1 cm³/mol. The molecule has 2 saturated carbocycles. The summed E-state index contributed by atoms with van der Waals surface area (Å²) < 4.78 is 0. The Morgan fingerprint density at radius 1 is 1.46 bits per heavy atom. The maximum Gasteiger partial charge on any atom is 0.152 e. The van der Waals surface area contributed by atoms with Gasteiger partial charge in [0, 0.05) is 6.42 Å². The van der Waals surface area contributed by atoms with E-state index in [9.17, 15) is 14.7 Å². The lowest BCUT2D eigenvalue weighted by Crippen LogP contribution is -2.41. The van der Waals surface area contributed by atoms with Crippen molar-refractivity contribution in [3.05, 3.63) is 0 Å². The van der Waals surface area contributed by atoms with Crippen LogP contribution < -0.4 is 0 Å². The minimum Gasteiger partial charge on any atom is -0.382 e. The molecule has 2 aliphatic carbocycles. The highest BCUT2D eigenvalue weighted by molar-refractivity contribution is 5.90. The van der Waals surface area contributed by atoms with Crippen LogP contribution in [-0.4, -0.2) is 22.8 Å². The normalized spacial score (nSPS) is 49.4. The highest BCUT2D eigenvalue weighted by Gasteiger charge is 2.60. The summed E-state index contributed by atoms with van der Waals surface area (Å²) in [5.74, 6) is -0.368. The van der Waals surface area contributed by atoms with Crippen LogP contribution >= 0.6 is 0 Å². The summed E-state index contributed by atoms with van der Waals surface area (Å²) in [7, 11) is 0. The Balaban J connectivity index is 2.40. The van der Waals surface area contributed by atoms with Crippen LogP contribution in [0.3, 0.4) is 0 Å². The third-order valence-electron chi connectivity index (χ3n) is 3.76. The van der Waals surface area contributed by atoms with E-state index < -0.39 is 11.5 Å². The molecule has 0 aromatic carbocycles. The van der Waals surface area contributed by atoms with Crippen molar-refractivity contribution in [1.29, 1.82) is 0 Å². The molecule has 1 N–H and O–H groups in total. The van der Waals surface area contributed by atoms with Gasteiger partial charge in [0.2, 0.25) is 0 Å². The predicted octanol–water partition coefficient (Wildman–Crippen LogP) is 0.696. The van der Waals surface area contributed by atoms with Gasteiger partial charge in [0.1, 0.15) is 11.4 Å². The molecule has 0 heterocycles. The lowest BCUT2D eigenvalue weighted by molar-refractivity contribution is -0.139. The van der Waals surface area contributed by atoms with Crippen LogP contribution in [0.15, 0.2) is 0 Å². The van der Waals surface area contributed by atoms with Gasteiger partial charge in [0.05, 0.1) is 5.92 Å². The molecule has 2 aliphatic rings. The van der Waals surface area contributed by atoms with E-state index in [1.54, 1.807) is 0 Å². The van der Waals surface area contributed by atoms with E-state index in [0.717, 1.165) is 12.8 Å². The van der Waals surface area contributed by atoms with Crippen LogP contribution in [0, 0.1) is 11.3 Å². The first-order chi connectivity index (χ1) is 6.02. The molecule has 0 bridgehead atoms. The number of hydrogen-bond donors (Lipinski definition) is 1. The van der Waals surface area contributed by atoms with Crippen molar-refractivity contribution in [2.45, 2.75) is 38.2 Å². The van der Waals surface area contributed by atoms with Gasteiger partial charge in [-0.3, -0.25) is 4.79 Å². The van der Waals surface area contributed by atoms with Crippen molar-refractivity contribution in [3.8, 4) is 0 Å². The monoisotopic (exact) mass is 182 g/mol. The van der Waals surface area contributed by atoms with Crippen LogP contribution in [0.1, 0.15) is 32.6 Å². The average molecular weight is 182 g/mol. The fourth-order valence-corrected chi connectivity index (χ4v) is 2.99. The molecule has 3 heteroatoms. The molecule has 0 radical (unpaired) electrons. The summed E-state index contributed by atoms with van der Waals surface area (Å²) in [6, 6.07) is 0. The molecule has 0 spiro atoms.